The van der Waals surface area contributed by atoms with Gasteiger partial charge in [0.05, 0.1) is 11.2 Å². The molecule has 3 rings (SSSR count). The molecule has 0 fully saturated rings. The normalized spacial score (nSPS) is 11.9. The van der Waals surface area contributed by atoms with E-state index in [1.165, 1.54) is 22.8 Å². The summed E-state index contributed by atoms with van der Waals surface area (Å²) in [6.45, 7) is 2.32. The van der Waals surface area contributed by atoms with Crippen LogP contribution in [0, 0.1) is 0 Å². The molecule has 2 heterocycles. The van der Waals surface area contributed by atoms with Gasteiger partial charge in [0.25, 0.3) is 11.1 Å². The Morgan fingerprint density at radius 1 is 0.963 bits per heavy atom. The average Bonchev–Trinajstić information content (AvgIpc) is 2.60. The third kappa shape index (κ3) is 3.20. The Morgan fingerprint density at radius 2 is 1.63 bits per heavy atom. The number of alkyl halides is 3. The molecule has 0 aliphatic heterocycles. The summed E-state index contributed by atoms with van der Waals surface area (Å²) >= 11 is 0. The van der Waals surface area contributed by atoms with E-state index in [-0.39, 0.29) is 11.2 Å². The lowest BCUT2D eigenvalue weighted by Crippen LogP contribution is -2.40. The zero-order valence-corrected chi connectivity index (χ0v) is 14.6. The van der Waals surface area contributed by atoms with Gasteiger partial charge in [0.15, 0.2) is 0 Å². The van der Waals surface area contributed by atoms with Crippen molar-refractivity contribution in [1.82, 2.24) is 13.7 Å². The van der Waals surface area contributed by atoms with Crippen molar-refractivity contribution in [2.75, 3.05) is 0 Å². The summed E-state index contributed by atoms with van der Waals surface area (Å²) < 4.78 is 41.5. The van der Waals surface area contributed by atoms with Gasteiger partial charge in [-0.2, -0.15) is 13.2 Å². The topological polar surface area (TPSA) is 66.0 Å². The molecule has 9 heteroatoms. The molecule has 142 valence electrons. The van der Waals surface area contributed by atoms with E-state index in [0.717, 1.165) is 7.05 Å². The van der Waals surface area contributed by atoms with Gasteiger partial charge in [-0.1, -0.05) is 13.0 Å². The van der Waals surface area contributed by atoms with Crippen LogP contribution < -0.4 is 16.8 Å². The van der Waals surface area contributed by atoms with Crippen LogP contribution in [-0.2, 0) is 19.8 Å². The molecule has 0 aliphatic rings. The molecule has 2 aromatic heterocycles. The summed E-state index contributed by atoms with van der Waals surface area (Å²) in [5.74, 6) is 0. The van der Waals surface area contributed by atoms with Crippen LogP contribution in [0.5, 0.6) is 0 Å². The van der Waals surface area contributed by atoms with Gasteiger partial charge in [-0.05, 0) is 30.0 Å². The predicted molar refractivity (Wildman–Crippen MR) is 94.3 cm³/mol. The summed E-state index contributed by atoms with van der Waals surface area (Å²) in [7, 11) is 0.954. The van der Waals surface area contributed by atoms with Gasteiger partial charge in [-0.15, -0.1) is 0 Å². The van der Waals surface area contributed by atoms with Crippen molar-refractivity contribution in [3.05, 3.63) is 73.3 Å². The standard InChI is InChI=1S/C18H16F3N3O3/c1-3-8-23-13-9-12(6-4-11(13)5-7-15(23)25)24-16(26)10-14(18(19,20)21)22(2)17(24)27/h4-7,9-10H,3,8H2,1-2H3. The first-order chi connectivity index (χ1) is 12.6. The third-order valence-electron chi connectivity index (χ3n) is 4.29. The van der Waals surface area contributed by atoms with Gasteiger partial charge >= 0.3 is 11.9 Å². The van der Waals surface area contributed by atoms with Crippen LogP contribution in [0.3, 0.4) is 0 Å². The Hall–Kier alpha value is -3.10. The van der Waals surface area contributed by atoms with E-state index in [9.17, 15) is 27.6 Å². The number of benzene rings is 1. The number of aromatic nitrogens is 3. The number of aryl methyl sites for hydroxylation is 1. The van der Waals surface area contributed by atoms with Crippen LogP contribution >= 0.6 is 0 Å². The second kappa shape index (κ2) is 6.57. The molecule has 27 heavy (non-hydrogen) atoms. The Kier molecular flexibility index (Phi) is 4.54. The highest BCUT2D eigenvalue weighted by Gasteiger charge is 2.35. The van der Waals surface area contributed by atoms with E-state index in [0.29, 0.717) is 39.1 Å². The highest BCUT2D eigenvalue weighted by molar-refractivity contribution is 5.81. The lowest BCUT2D eigenvalue weighted by molar-refractivity contribution is -0.144. The molecule has 0 bridgehead atoms. The fourth-order valence-electron chi connectivity index (χ4n) is 3.01. The number of halogens is 3. The van der Waals surface area contributed by atoms with E-state index in [4.69, 9.17) is 0 Å². The first kappa shape index (κ1) is 18.7. The van der Waals surface area contributed by atoms with E-state index < -0.39 is 23.1 Å². The first-order valence-corrected chi connectivity index (χ1v) is 8.19. The van der Waals surface area contributed by atoms with Crippen molar-refractivity contribution < 1.29 is 13.2 Å². The van der Waals surface area contributed by atoms with Crippen molar-refractivity contribution in [3.63, 3.8) is 0 Å². The minimum Gasteiger partial charge on any atom is -0.308 e. The largest absolute Gasteiger partial charge is 0.431 e. The quantitative estimate of drug-likeness (QED) is 0.701. The fraction of sp³-hybridized carbons (Fsp3) is 0.278. The van der Waals surface area contributed by atoms with Crippen molar-refractivity contribution in [2.24, 2.45) is 7.05 Å². The first-order valence-electron chi connectivity index (χ1n) is 8.19. The molecule has 3 aromatic rings. The lowest BCUT2D eigenvalue weighted by atomic mass is 10.2. The van der Waals surface area contributed by atoms with E-state index >= 15 is 0 Å². The summed E-state index contributed by atoms with van der Waals surface area (Å²) in [5, 5.41) is 0.712. The van der Waals surface area contributed by atoms with Gasteiger partial charge in [0.1, 0.15) is 5.69 Å². The maximum Gasteiger partial charge on any atom is 0.431 e. The third-order valence-corrected chi connectivity index (χ3v) is 4.29. The number of rotatable bonds is 3. The lowest BCUT2D eigenvalue weighted by Gasteiger charge is -2.15. The summed E-state index contributed by atoms with van der Waals surface area (Å²) in [6.07, 6.45) is -4.14. The summed E-state index contributed by atoms with van der Waals surface area (Å²) in [4.78, 5) is 36.8. The van der Waals surface area contributed by atoms with E-state index in [1.54, 1.807) is 12.1 Å². The second-order valence-electron chi connectivity index (χ2n) is 6.11. The highest BCUT2D eigenvalue weighted by Crippen LogP contribution is 2.27. The van der Waals surface area contributed by atoms with Crippen LogP contribution in [0.2, 0.25) is 0 Å². The number of pyridine rings is 1. The fourth-order valence-corrected chi connectivity index (χ4v) is 3.01. The number of hydrogen-bond acceptors (Lipinski definition) is 3. The van der Waals surface area contributed by atoms with E-state index in [1.807, 2.05) is 6.92 Å². The highest BCUT2D eigenvalue weighted by atomic mass is 19.4. The Bertz CT molecular complexity index is 1200. The molecular formula is C18H16F3N3O3. The minimum absolute atomic E-state index is 0.0947. The van der Waals surface area contributed by atoms with Gasteiger partial charge in [-0.25, -0.2) is 9.36 Å². The maximum absolute atomic E-state index is 13.0. The van der Waals surface area contributed by atoms with Gasteiger partial charge < -0.3 is 4.57 Å². The SMILES string of the molecule is CCCn1c(=O)ccc2ccc(-n3c(=O)cc(C(F)(F)F)n(C)c3=O)cc21. The van der Waals surface area contributed by atoms with Crippen LogP contribution in [0.25, 0.3) is 16.6 Å². The van der Waals surface area contributed by atoms with Crippen molar-refractivity contribution >= 4 is 10.9 Å². The monoisotopic (exact) mass is 379 g/mol. The number of fused-ring (bicyclic) bond motifs is 1. The Balaban J connectivity index is 2.32. The predicted octanol–water partition coefficient (Wildman–Crippen LogP) is 2.28. The average molecular weight is 379 g/mol. The molecule has 0 spiro atoms. The van der Waals surface area contributed by atoms with Crippen molar-refractivity contribution in [3.8, 4) is 5.69 Å². The molecule has 0 amide bonds. The smallest absolute Gasteiger partial charge is 0.308 e. The van der Waals surface area contributed by atoms with Gasteiger partial charge in [0.2, 0.25) is 0 Å². The molecule has 0 saturated carbocycles. The second-order valence-corrected chi connectivity index (χ2v) is 6.11. The maximum atomic E-state index is 13.0. The molecule has 1 aromatic carbocycles. The molecule has 0 aliphatic carbocycles. The van der Waals surface area contributed by atoms with Crippen molar-refractivity contribution in [2.45, 2.75) is 26.1 Å². The summed E-state index contributed by atoms with van der Waals surface area (Å²) in [5.41, 5.74) is -3.18. The zero-order chi connectivity index (χ0) is 19.9. The van der Waals surface area contributed by atoms with Crippen LogP contribution in [-0.4, -0.2) is 13.7 Å². The molecule has 0 N–H and O–H groups in total. The number of nitrogens with zero attached hydrogens (tertiary/aromatic N) is 3. The van der Waals surface area contributed by atoms with Crippen LogP contribution in [0.4, 0.5) is 13.2 Å². The van der Waals surface area contributed by atoms with Gasteiger partial charge in [-0.3, -0.25) is 14.2 Å². The molecule has 0 radical (unpaired) electrons. The van der Waals surface area contributed by atoms with Crippen molar-refractivity contribution in [1.29, 1.82) is 0 Å². The van der Waals surface area contributed by atoms with Crippen LogP contribution in [0.15, 0.2) is 50.8 Å². The number of hydrogen-bond donors (Lipinski definition) is 0. The molecule has 0 saturated heterocycles. The zero-order valence-electron chi connectivity index (χ0n) is 14.6. The van der Waals surface area contributed by atoms with Crippen LogP contribution in [0.1, 0.15) is 19.0 Å². The minimum atomic E-state index is -4.82. The molecule has 0 unspecified atom stereocenters. The Morgan fingerprint density at radius 3 is 2.26 bits per heavy atom. The van der Waals surface area contributed by atoms with Gasteiger partial charge in [0, 0.05) is 25.7 Å². The summed E-state index contributed by atoms with van der Waals surface area (Å²) in [6, 6.07) is 7.94. The molecule has 0 atom stereocenters. The molecular weight excluding hydrogens is 363 g/mol. The van der Waals surface area contributed by atoms with E-state index in [2.05, 4.69) is 0 Å². The molecule has 6 nitrogen and oxygen atoms in total. The Labute approximate surface area is 150 Å².